The third-order valence-electron chi connectivity index (χ3n) is 4.70. The van der Waals surface area contributed by atoms with E-state index >= 15 is 0 Å². The monoisotopic (exact) mass is 405 g/mol. The van der Waals surface area contributed by atoms with Gasteiger partial charge in [-0.2, -0.15) is 5.10 Å². The molecule has 0 radical (unpaired) electrons. The predicted molar refractivity (Wildman–Crippen MR) is 107 cm³/mol. The Morgan fingerprint density at radius 2 is 2.11 bits per heavy atom. The summed E-state index contributed by atoms with van der Waals surface area (Å²) in [5.41, 5.74) is 6.57. The number of piperidine rings is 1. The standard InChI is InChI=1S/C18H27N7O2S/c1-18(2,3)16-21-22-17(28-16)20-13(26)10-25-7-5-6-11(8-25)14-12(15(19)27)9-24(4)23-14/h9,11H,5-8,10H2,1-4H3,(H2,19,27)(H,20,22,26). The van der Waals surface area contributed by atoms with Crippen molar-refractivity contribution in [3.05, 3.63) is 22.5 Å². The highest BCUT2D eigenvalue weighted by Crippen LogP contribution is 2.29. The van der Waals surface area contributed by atoms with Crippen LogP contribution in [0, 0.1) is 0 Å². The van der Waals surface area contributed by atoms with Crippen molar-refractivity contribution in [3.8, 4) is 0 Å². The van der Waals surface area contributed by atoms with Crippen LogP contribution in [0.3, 0.4) is 0 Å². The van der Waals surface area contributed by atoms with E-state index in [9.17, 15) is 9.59 Å². The summed E-state index contributed by atoms with van der Waals surface area (Å²) in [5.74, 6) is -0.503. The number of hydrogen-bond acceptors (Lipinski definition) is 7. The van der Waals surface area contributed by atoms with Crippen LogP contribution in [-0.4, -0.2) is 56.3 Å². The number of likely N-dealkylation sites (tertiary alicyclic amines) is 1. The van der Waals surface area contributed by atoms with Crippen molar-refractivity contribution in [1.29, 1.82) is 0 Å². The Balaban J connectivity index is 1.61. The Hall–Kier alpha value is -2.33. The molecule has 1 aliphatic heterocycles. The van der Waals surface area contributed by atoms with Crippen LogP contribution in [0.1, 0.15) is 60.6 Å². The number of hydrogen-bond donors (Lipinski definition) is 2. The van der Waals surface area contributed by atoms with Crippen LogP contribution in [0.2, 0.25) is 0 Å². The molecule has 3 rings (SSSR count). The second-order valence-electron chi connectivity index (χ2n) is 8.25. The minimum Gasteiger partial charge on any atom is -0.365 e. The summed E-state index contributed by atoms with van der Waals surface area (Å²) < 4.78 is 1.61. The summed E-state index contributed by atoms with van der Waals surface area (Å²) in [6, 6.07) is 0. The quantitative estimate of drug-likeness (QED) is 0.778. The molecule has 0 spiro atoms. The van der Waals surface area contributed by atoms with Gasteiger partial charge in [0.25, 0.3) is 5.91 Å². The maximum atomic E-state index is 12.5. The Bertz CT molecular complexity index is 868. The van der Waals surface area contributed by atoms with Gasteiger partial charge in [0.15, 0.2) is 0 Å². The number of amides is 2. The largest absolute Gasteiger partial charge is 0.365 e. The van der Waals surface area contributed by atoms with Gasteiger partial charge in [0.1, 0.15) is 5.01 Å². The first-order valence-electron chi connectivity index (χ1n) is 9.33. The molecule has 152 valence electrons. The third-order valence-corrected chi connectivity index (χ3v) is 5.96. The van der Waals surface area contributed by atoms with Crippen LogP contribution in [0.4, 0.5) is 5.13 Å². The Labute approximate surface area is 168 Å². The lowest BCUT2D eigenvalue weighted by atomic mass is 9.92. The number of anilines is 1. The smallest absolute Gasteiger partial charge is 0.252 e. The van der Waals surface area contributed by atoms with Gasteiger partial charge in [-0.15, -0.1) is 10.2 Å². The molecule has 2 aromatic rings. The van der Waals surface area contributed by atoms with E-state index in [-0.39, 0.29) is 23.8 Å². The number of aryl methyl sites for hydroxylation is 1. The second-order valence-corrected chi connectivity index (χ2v) is 9.23. The molecule has 0 aliphatic carbocycles. The number of nitrogens with one attached hydrogen (secondary N) is 1. The average molecular weight is 406 g/mol. The summed E-state index contributed by atoms with van der Waals surface area (Å²) in [4.78, 5) is 26.2. The third kappa shape index (κ3) is 4.74. The Morgan fingerprint density at radius 1 is 1.36 bits per heavy atom. The van der Waals surface area contributed by atoms with E-state index in [1.807, 2.05) is 0 Å². The van der Waals surface area contributed by atoms with Crippen molar-refractivity contribution in [3.63, 3.8) is 0 Å². The average Bonchev–Trinajstić information content (AvgIpc) is 3.21. The molecule has 0 aromatic carbocycles. The molecule has 1 atom stereocenters. The van der Waals surface area contributed by atoms with Crippen LogP contribution in [-0.2, 0) is 17.3 Å². The van der Waals surface area contributed by atoms with Gasteiger partial charge in [0.05, 0.1) is 17.8 Å². The zero-order valence-electron chi connectivity index (χ0n) is 16.7. The molecule has 3 N–H and O–H groups in total. The number of primary amides is 1. The molecule has 2 aromatic heterocycles. The normalized spacial score (nSPS) is 18.2. The molecule has 3 heterocycles. The minimum absolute atomic E-state index is 0.0827. The summed E-state index contributed by atoms with van der Waals surface area (Å²) in [5, 5.41) is 16.9. The van der Waals surface area contributed by atoms with Gasteiger partial charge in [-0.3, -0.25) is 24.5 Å². The van der Waals surface area contributed by atoms with Crippen LogP contribution in [0.25, 0.3) is 0 Å². The van der Waals surface area contributed by atoms with Crippen molar-refractivity contribution in [2.75, 3.05) is 25.0 Å². The van der Waals surface area contributed by atoms with Gasteiger partial charge < -0.3 is 5.73 Å². The predicted octanol–water partition coefficient (Wildman–Crippen LogP) is 1.49. The van der Waals surface area contributed by atoms with Crippen LogP contribution in [0.15, 0.2) is 6.20 Å². The first kappa shape index (κ1) is 20.4. The van der Waals surface area contributed by atoms with Crippen molar-refractivity contribution in [1.82, 2.24) is 24.9 Å². The topological polar surface area (TPSA) is 119 Å². The van der Waals surface area contributed by atoms with E-state index < -0.39 is 5.91 Å². The number of carbonyl (C=O) groups excluding carboxylic acids is 2. The zero-order chi connectivity index (χ0) is 20.5. The first-order chi connectivity index (χ1) is 13.1. The molecule has 10 heteroatoms. The molecule has 1 unspecified atom stereocenters. The molecule has 1 aliphatic rings. The Kier molecular flexibility index (Phi) is 5.80. The van der Waals surface area contributed by atoms with E-state index in [2.05, 4.69) is 46.3 Å². The maximum absolute atomic E-state index is 12.5. The molecule has 28 heavy (non-hydrogen) atoms. The van der Waals surface area contributed by atoms with Gasteiger partial charge in [-0.1, -0.05) is 32.1 Å². The number of nitrogens with zero attached hydrogens (tertiary/aromatic N) is 5. The lowest BCUT2D eigenvalue weighted by Crippen LogP contribution is -2.40. The molecule has 9 nitrogen and oxygen atoms in total. The van der Waals surface area contributed by atoms with Gasteiger partial charge in [-0.25, -0.2) is 0 Å². The highest BCUT2D eigenvalue weighted by Gasteiger charge is 2.28. The highest BCUT2D eigenvalue weighted by molar-refractivity contribution is 7.15. The molecule has 2 amide bonds. The summed E-state index contributed by atoms with van der Waals surface area (Å²) in [7, 11) is 1.78. The SMILES string of the molecule is Cn1cc(C(N)=O)c(C2CCCN(CC(=O)Nc3nnc(C(C)(C)C)s3)C2)n1. The fourth-order valence-electron chi connectivity index (χ4n) is 3.36. The van der Waals surface area contributed by atoms with Gasteiger partial charge >= 0.3 is 0 Å². The molecule has 0 saturated carbocycles. The highest BCUT2D eigenvalue weighted by atomic mass is 32.1. The maximum Gasteiger partial charge on any atom is 0.252 e. The van der Waals surface area contributed by atoms with Gasteiger partial charge in [-0.05, 0) is 19.4 Å². The second kappa shape index (κ2) is 7.96. The molecular weight excluding hydrogens is 378 g/mol. The zero-order valence-corrected chi connectivity index (χ0v) is 17.5. The van der Waals surface area contributed by atoms with E-state index in [0.29, 0.717) is 17.2 Å². The lowest BCUT2D eigenvalue weighted by molar-refractivity contribution is -0.117. The van der Waals surface area contributed by atoms with Gasteiger partial charge in [0, 0.05) is 31.1 Å². The molecule has 1 saturated heterocycles. The van der Waals surface area contributed by atoms with Crippen molar-refractivity contribution < 1.29 is 9.59 Å². The Morgan fingerprint density at radius 3 is 2.75 bits per heavy atom. The van der Waals surface area contributed by atoms with E-state index in [1.165, 1.54) is 11.3 Å². The molecule has 1 fully saturated rings. The first-order valence-corrected chi connectivity index (χ1v) is 10.1. The fraction of sp³-hybridized carbons (Fsp3) is 0.611. The summed E-state index contributed by atoms with van der Waals surface area (Å²) in [6.45, 7) is 7.93. The number of rotatable bonds is 5. The summed E-state index contributed by atoms with van der Waals surface area (Å²) >= 11 is 1.40. The fourth-order valence-corrected chi connectivity index (χ4v) is 4.18. The number of aromatic nitrogens is 4. The summed E-state index contributed by atoms with van der Waals surface area (Å²) in [6.07, 6.45) is 3.51. The van der Waals surface area contributed by atoms with Crippen molar-refractivity contribution in [2.24, 2.45) is 12.8 Å². The van der Waals surface area contributed by atoms with E-state index in [0.717, 1.165) is 30.1 Å². The van der Waals surface area contributed by atoms with Gasteiger partial charge in [0.2, 0.25) is 11.0 Å². The molecular formula is C18H27N7O2S. The number of nitrogens with two attached hydrogens (primary N) is 1. The lowest BCUT2D eigenvalue weighted by Gasteiger charge is -2.31. The van der Waals surface area contributed by atoms with Crippen molar-refractivity contribution in [2.45, 2.75) is 44.9 Å². The van der Waals surface area contributed by atoms with Crippen LogP contribution in [0.5, 0.6) is 0 Å². The van der Waals surface area contributed by atoms with Crippen LogP contribution < -0.4 is 11.1 Å². The molecule has 0 bridgehead atoms. The van der Waals surface area contributed by atoms with E-state index in [4.69, 9.17) is 5.73 Å². The van der Waals surface area contributed by atoms with E-state index in [1.54, 1.807) is 17.9 Å². The van der Waals surface area contributed by atoms with Crippen molar-refractivity contribution >= 4 is 28.3 Å². The minimum atomic E-state index is -0.469. The van der Waals surface area contributed by atoms with Crippen LogP contribution >= 0.6 is 11.3 Å². The number of carbonyl (C=O) groups is 2.